The first kappa shape index (κ1) is 43.5. The van der Waals surface area contributed by atoms with Crippen molar-refractivity contribution in [3.63, 3.8) is 0 Å². The molecule has 264 valence electrons. The van der Waals surface area contributed by atoms with Crippen LogP contribution >= 0.6 is 16.4 Å². The molecule has 18 heteroatoms. The van der Waals surface area contributed by atoms with E-state index >= 15 is 0 Å². The molecular weight excluding hydrogens is 634 g/mol. The van der Waals surface area contributed by atoms with Crippen LogP contribution in [0.15, 0.2) is 17.3 Å². The van der Waals surface area contributed by atoms with Gasteiger partial charge in [0.05, 0.1) is 13.2 Å². The zero-order valence-corrected chi connectivity index (χ0v) is 29.2. The monoisotopic (exact) mass is 688 g/mol. The summed E-state index contributed by atoms with van der Waals surface area (Å²) in [6.07, 6.45) is 0.115. The summed E-state index contributed by atoms with van der Waals surface area (Å²) >= 11 is 0. The second-order valence-corrected chi connectivity index (χ2v) is 14.7. The maximum atomic E-state index is 12.9. The van der Waals surface area contributed by atoms with Crippen LogP contribution in [0.5, 0.6) is 0 Å². The van der Waals surface area contributed by atoms with Crippen LogP contribution in [0.25, 0.3) is 0 Å². The summed E-state index contributed by atoms with van der Waals surface area (Å²) < 4.78 is 33.1. The smallest absolute Gasteiger partial charge is 0.396 e. The van der Waals surface area contributed by atoms with Crippen molar-refractivity contribution < 1.29 is 57.4 Å². The van der Waals surface area contributed by atoms with Gasteiger partial charge in [0.25, 0.3) is 0 Å². The molecule has 0 fully saturated rings. The lowest BCUT2D eigenvalue weighted by atomic mass is 9.74. The van der Waals surface area contributed by atoms with E-state index in [2.05, 4.69) is 44.9 Å². The first-order valence-electron chi connectivity index (χ1n) is 14.5. The summed E-state index contributed by atoms with van der Waals surface area (Å²) in [7, 11) is -5.30. The number of amides is 2. The Hall–Kier alpha value is -1.55. The second-order valence-electron chi connectivity index (χ2n) is 12.6. The van der Waals surface area contributed by atoms with Gasteiger partial charge in [0.1, 0.15) is 18.0 Å². The number of nitrogens with two attached hydrogens (primary N) is 1. The first-order chi connectivity index (χ1) is 20.8. The van der Waals surface area contributed by atoms with E-state index in [1.165, 1.54) is 13.1 Å². The number of phosphoric ester groups is 1. The Kier molecular flexibility index (Phi) is 20.6. The molecule has 0 rings (SSSR count). The van der Waals surface area contributed by atoms with Crippen LogP contribution in [-0.2, 0) is 32.5 Å². The summed E-state index contributed by atoms with van der Waals surface area (Å²) in [5.41, 5.74) is 5.53. The third-order valence-electron chi connectivity index (χ3n) is 6.42. The van der Waals surface area contributed by atoms with Crippen LogP contribution in [0.3, 0.4) is 0 Å². The van der Waals surface area contributed by atoms with Crippen molar-refractivity contribution in [2.24, 2.45) is 27.5 Å². The number of rotatable bonds is 24. The van der Waals surface area contributed by atoms with Gasteiger partial charge in [-0.3, -0.25) is 28.5 Å². The van der Waals surface area contributed by atoms with Crippen LogP contribution in [0.1, 0.15) is 66.7 Å². The number of nitrogens with zero attached hydrogens (tertiary/aromatic N) is 2. The van der Waals surface area contributed by atoms with Gasteiger partial charge < -0.3 is 45.2 Å². The molecule has 0 saturated heterocycles. The second kappa shape index (κ2) is 21.3. The van der Waals surface area contributed by atoms with Crippen molar-refractivity contribution in [2.75, 3.05) is 40.5 Å². The molecule has 0 bridgehead atoms. The minimum atomic E-state index is -4.97. The molecule has 0 heterocycles. The summed E-state index contributed by atoms with van der Waals surface area (Å²) in [5.74, 6) is -0.599. The quantitative estimate of drug-likeness (QED) is 0.0191. The zero-order chi connectivity index (χ0) is 34.8. The van der Waals surface area contributed by atoms with E-state index in [9.17, 15) is 29.3 Å². The number of aliphatic hydroxyl groups excluding tert-OH is 2. The summed E-state index contributed by atoms with van der Waals surface area (Å²) in [6.45, 7) is 9.59. The van der Waals surface area contributed by atoms with E-state index in [1.807, 2.05) is 0 Å². The summed E-state index contributed by atoms with van der Waals surface area (Å²) in [4.78, 5) is 57.1. The molecule has 2 amide bonds. The molecule has 0 aliphatic rings. The lowest BCUT2D eigenvalue weighted by Gasteiger charge is -2.34. The van der Waals surface area contributed by atoms with Crippen molar-refractivity contribution in [1.29, 1.82) is 0 Å². The van der Waals surface area contributed by atoms with Gasteiger partial charge in [-0.15, -0.1) is 0 Å². The van der Waals surface area contributed by atoms with Gasteiger partial charge in [0.15, 0.2) is 6.23 Å². The van der Waals surface area contributed by atoms with Crippen molar-refractivity contribution in [3.8, 4) is 0 Å². The van der Waals surface area contributed by atoms with Gasteiger partial charge in [-0.1, -0.05) is 41.0 Å². The van der Waals surface area contributed by atoms with Crippen molar-refractivity contribution in [3.05, 3.63) is 12.3 Å². The Morgan fingerprint density at radius 1 is 1.18 bits per heavy atom. The fraction of sp³-hybridized carbons (Fsp3) is 0.815. The number of hydrogen-bond donors (Lipinski definition) is 7. The van der Waals surface area contributed by atoms with E-state index < -0.39 is 54.0 Å². The number of aliphatic hydroxyl groups is 2. The van der Waals surface area contributed by atoms with Crippen LogP contribution in [0.2, 0.25) is 0 Å². The predicted octanol–water partition coefficient (Wildman–Crippen LogP) is 1.76. The average molecular weight is 689 g/mol. The topological polar surface area (TPSA) is 243 Å². The minimum Gasteiger partial charge on any atom is -0.396 e. The van der Waals surface area contributed by atoms with Gasteiger partial charge in [0, 0.05) is 45.8 Å². The molecule has 45 heavy (non-hydrogen) atoms. The van der Waals surface area contributed by atoms with Crippen molar-refractivity contribution in [2.45, 2.75) is 85.2 Å². The van der Waals surface area contributed by atoms with Gasteiger partial charge in [0.2, 0.25) is 12.3 Å². The molecular formula is C27H54N4O12P2. The van der Waals surface area contributed by atoms with Crippen LogP contribution in [0, 0.1) is 16.7 Å². The van der Waals surface area contributed by atoms with Crippen molar-refractivity contribution >= 4 is 34.6 Å². The number of hydrogen-bond acceptors (Lipinski definition) is 12. The summed E-state index contributed by atoms with van der Waals surface area (Å²) in [6, 6.07) is 0. The molecule has 0 radical (unpaired) electrons. The standard InChI is InChI=1S/C27H54N4O12P2/c1-26(2,3)18-27(4,5)14-23(34)30-12-9-8-10-20(15-32)16-42-45(38,39)43-24(21(40-7)17-41-44(36)37)25(35)31(19-33)13-11-22(28)29-6/h11,13,19-21,24-25,32,35-37H,8-10,12,14-18H2,1-7H3,(H2,28,29)(H,30,34)(H,38,39)/b13-11-. The third-order valence-corrected chi connectivity index (χ3v) is 7.78. The fourth-order valence-electron chi connectivity index (χ4n) is 4.74. The molecule has 0 saturated carbocycles. The molecule has 0 aromatic carbocycles. The SMILES string of the molecule is CN=C(N)/C=C\N(C=O)C(O)C(OP(=O)(O)OCC(CO)CCCCNC(=O)CC(C)(C)CC(C)(C)C)C(COP(O)O)OC. The third kappa shape index (κ3) is 20.3. The Morgan fingerprint density at radius 2 is 1.82 bits per heavy atom. The van der Waals surface area contributed by atoms with E-state index in [0.717, 1.165) is 19.7 Å². The number of ether oxygens (including phenoxy) is 1. The van der Waals surface area contributed by atoms with E-state index in [-0.39, 0.29) is 35.6 Å². The Labute approximate surface area is 267 Å². The maximum absolute atomic E-state index is 12.9. The Bertz CT molecular complexity index is 978. The van der Waals surface area contributed by atoms with Gasteiger partial charge in [-0.25, -0.2) is 4.57 Å². The molecule has 16 nitrogen and oxygen atoms in total. The van der Waals surface area contributed by atoms with E-state index in [1.54, 1.807) is 0 Å². The van der Waals surface area contributed by atoms with E-state index in [4.69, 9.17) is 33.8 Å². The van der Waals surface area contributed by atoms with Crippen LogP contribution in [0.4, 0.5) is 0 Å². The fourth-order valence-corrected chi connectivity index (χ4v) is 6.03. The normalized spacial score (nSPS) is 17.1. The van der Waals surface area contributed by atoms with Gasteiger partial charge in [-0.05, 0) is 36.2 Å². The lowest BCUT2D eigenvalue weighted by molar-refractivity contribution is -0.145. The largest absolute Gasteiger partial charge is 0.472 e. The number of unbranched alkanes of at least 4 members (excludes halogenated alkanes) is 1. The molecule has 0 aromatic rings. The number of methoxy groups -OCH3 is 1. The predicted molar refractivity (Wildman–Crippen MR) is 169 cm³/mol. The highest BCUT2D eigenvalue weighted by atomic mass is 31.2. The molecule has 8 N–H and O–H groups in total. The molecule has 5 atom stereocenters. The molecule has 0 aliphatic heterocycles. The first-order valence-corrected chi connectivity index (χ1v) is 17.1. The Balaban J connectivity index is 5.23. The summed E-state index contributed by atoms with van der Waals surface area (Å²) in [5, 5.41) is 23.5. The maximum Gasteiger partial charge on any atom is 0.472 e. The van der Waals surface area contributed by atoms with Crippen molar-refractivity contribution in [1.82, 2.24) is 10.2 Å². The highest BCUT2D eigenvalue weighted by molar-refractivity contribution is 7.47. The molecule has 0 aromatic heterocycles. The Morgan fingerprint density at radius 3 is 2.33 bits per heavy atom. The van der Waals surface area contributed by atoms with Gasteiger partial charge in [-0.2, -0.15) is 0 Å². The van der Waals surface area contributed by atoms with Gasteiger partial charge >= 0.3 is 16.4 Å². The number of amidine groups is 1. The number of carbonyl (C=O) groups is 2. The average Bonchev–Trinajstić information content (AvgIpc) is 2.92. The number of carbonyl (C=O) groups excluding carboxylic acids is 2. The molecule has 0 aliphatic carbocycles. The molecule has 5 unspecified atom stereocenters. The molecule has 0 spiro atoms. The van der Waals surface area contributed by atoms with Crippen LogP contribution in [-0.4, -0.2) is 107 Å². The highest BCUT2D eigenvalue weighted by Crippen LogP contribution is 2.47. The highest BCUT2D eigenvalue weighted by Gasteiger charge is 2.40. The number of aliphatic imine (C=N–C) groups is 1. The number of nitrogens with one attached hydrogen (secondary N) is 1. The minimum absolute atomic E-state index is 0.00187. The van der Waals surface area contributed by atoms with Crippen LogP contribution < -0.4 is 11.1 Å². The zero-order valence-electron chi connectivity index (χ0n) is 27.4. The number of phosphoric acid groups is 1. The van der Waals surface area contributed by atoms with E-state index in [0.29, 0.717) is 37.1 Å². The lowest BCUT2D eigenvalue weighted by Crippen LogP contribution is -2.49.